The van der Waals surface area contributed by atoms with Crippen LogP contribution in [0.2, 0.25) is 10.0 Å². The van der Waals surface area contributed by atoms with Crippen LogP contribution in [0.3, 0.4) is 0 Å². The minimum absolute atomic E-state index is 0.0134. The summed E-state index contributed by atoms with van der Waals surface area (Å²) in [5.41, 5.74) is 0.538. The Kier molecular flexibility index (Phi) is 3.26. The average Bonchev–Trinajstić information content (AvgIpc) is 2.59. The lowest BCUT2D eigenvalue weighted by atomic mass is 10.1. The van der Waals surface area contributed by atoms with E-state index in [0.717, 1.165) is 0 Å². The molecule has 0 aromatic heterocycles. The fraction of sp³-hybridized carbons (Fsp3) is 0.273. The van der Waals surface area contributed by atoms with Crippen LogP contribution >= 0.6 is 23.2 Å². The molecule has 6 heteroatoms. The first-order valence-corrected chi connectivity index (χ1v) is 5.72. The van der Waals surface area contributed by atoms with Crippen LogP contribution in [0.15, 0.2) is 18.2 Å². The molecular formula is C11H9Cl2NO3. The van der Waals surface area contributed by atoms with Crippen LogP contribution in [0.4, 0.5) is 5.69 Å². The van der Waals surface area contributed by atoms with Crippen molar-refractivity contribution in [1.82, 2.24) is 0 Å². The van der Waals surface area contributed by atoms with E-state index in [0.29, 0.717) is 15.7 Å². The molecule has 2 rings (SSSR count). The van der Waals surface area contributed by atoms with Gasteiger partial charge >= 0.3 is 5.97 Å². The van der Waals surface area contributed by atoms with E-state index in [-0.39, 0.29) is 18.9 Å². The molecule has 0 bridgehead atoms. The van der Waals surface area contributed by atoms with Crippen molar-refractivity contribution in [1.29, 1.82) is 0 Å². The first-order chi connectivity index (χ1) is 7.97. The van der Waals surface area contributed by atoms with Crippen molar-refractivity contribution in [3.8, 4) is 0 Å². The Bertz CT molecular complexity index is 469. The van der Waals surface area contributed by atoms with Crippen LogP contribution in [0, 0.1) is 5.92 Å². The van der Waals surface area contributed by atoms with Crippen molar-refractivity contribution in [3.05, 3.63) is 28.2 Å². The zero-order chi connectivity index (χ0) is 12.6. The number of hydrogen-bond donors (Lipinski definition) is 1. The van der Waals surface area contributed by atoms with Gasteiger partial charge in [-0.25, -0.2) is 0 Å². The summed E-state index contributed by atoms with van der Waals surface area (Å²) in [7, 11) is 0. The Morgan fingerprint density at radius 1 is 1.29 bits per heavy atom. The minimum Gasteiger partial charge on any atom is -0.481 e. The molecule has 0 radical (unpaired) electrons. The van der Waals surface area contributed by atoms with E-state index in [1.807, 2.05) is 0 Å². The highest BCUT2D eigenvalue weighted by Crippen LogP contribution is 2.30. The summed E-state index contributed by atoms with van der Waals surface area (Å²) in [5.74, 6) is -1.86. The summed E-state index contributed by atoms with van der Waals surface area (Å²) in [4.78, 5) is 23.9. The first-order valence-electron chi connectivity index (χ1n) is 4.96. The topological polar surface area (TPSA) is 57.6 Å². The van der Waals surface area contributed by atoms with E-state index in [2.05, 4.69) is 0 Å². The third kappa shape index (κ3) is 2.53. The van der Waals surface area contributed by atoms with E-state index < -0.39 is 11.9 Å². The Balaban J connectivity index is 2.28. The SMILES string of the molecule is O=C(O)[C@@H]1CC(=O)N(c2cc(Cl)cc(Cl)c2)C1. The second-order valence-electron chi connectivity index (χ2n) is 3.87. The molecule has 17 heavy (non-hydrogen) atoms. The van der Waals surface area contributed by atoms with E-state index in [1.54, 1.807) is 18.2 Å². The minimum atomic E-state index is -0.964. The molecule has 1 aromatic carbocycles. The number of amides is 1. The molecule has 1 atom stereocenters. The molecule has 1 heterocycles. The smallest absolute Gasteiger partial charge is 0.308 e. The van der Waals surface area contributed by atoms with Gasteiger partial charge in [-0.1, -0.05) is 23.2 Å². The third-order valence-corrected chi connectivity index (χ3v) is 3.07. The second kappa shape index (κ2) is 4.55. The Labute approximate surface area is 108 Å². The number of halogens is 2. The number of carbonyl (C=O) groups is 2. The van der Waals surface area contributed by atoms with Crippen LogP contribution in [0.25, 0.3) is 0 Å². The summed E-state index contributed by atoms with van der Waals surface area (Å²) < 4.78 is 0. The van der Waals surface area contributed by atoms with Crippen molar-refractivity contribution in [2.75, 3.05) is 11.4 Å². The quantitative estimate of drug-likeness (QED) is 0.901. The number of rotatable bonds is 2. The molecule has 0 saturated carbocycles. The molecule has 1 aliphatic rings. The summed E-state index contributed by atoms with van der Waals surface area (Å²) >= 11 is 11.7. The zero-order valence-electron chi connectivity index (χ0n) is 8.69. The molecule has 0 aliphatic carbocycles. The Hall–Kier alpha value is -1.26. The number of carbonyl (C=O) groups excluding carboxylic acids is 1. The van der Waals surface area contributed by atoms with Gasteiger partial charge in [0.2, 0.25) is 5.91 Å². The Morgan fingerprint density at radius 2 is 1.88 bits per heavy atom. The van der Waals surface area contributed by atoms with Gasteiger partial charge in [-0.15, -0.1) is 0 Å². The van der Waals surface area contributed by atoms with Crippen molar-refractivity contribution in [3.63, 3.8) is 0 Å². The molecule has 1 saturated heterocycles. The van der Waals surface area contributed by atoms with Crippen LogP contribution in [-0.4, -0.2) is 23.5 Å². The molecule has 4 nitrogen and oxygen atoms in total. The highest BCUT2D eigenvalue weighted by atomic mass is 35.5. The molecular weight excluding hydrogens is 265 g/mol. The number of carboxylic acids is 1. The first kappa shape index (κ1) is 12.2. The summed E-state index contributed by atoms with van der Waals surface area (Å²) in [5, 5.41) is 9.71. The highest BCUT2D eigenvalue weighted by molar-refractivity contribution is 6.35. The third-order valence-electron chi connectivity index (χ3n) is 2.63. The summed E-state index contributed by atoms with van der Waals surface area (Å²) in [6.07, 6.45) is 0.0134. The monoisotopic (exact) mass is 273 g/mol. The number of benzene rings is 1. The van der Waals surface area contributed by atoms with E-state index >= 15 is 0 Å². The standard InChI is InChI=1S/C11H9Cl2NO3/c12-7-2-8(13)4-9(3-7)14-5-6(11(16)17)1-10(14)15/h2-4,6H,1,5H2,(H,16,17)/t6-/m1/s1. The largest absolute Gasteiger partial charge is 0.481 e. The summed E-state index contributed by atoms with van der Waals surface area (Å²) in [6, 6.07) is 4.74. The molecule has 0 unspecified atom stereocenters. The van der Waals surface area contributed by atoms with Gasteiger partial charge in [-0.3, -0.25) is 9.59 Å². The average molecular weight is 274 g/mol. The van der Waals surface area contributed by atoms with Gasteiger partial charge in [0.25, 0.3) is 0 Å². The van der Waals surface area contributed by atoms with Gasteiger partial charge in [0, 0.05) is 28.7 Å². The molecule has 1 aliphatic heterocycles. The molecule has 1 fully saturated rings. The number of aliphatic carboxylic acids is 1. The van der Waals surface area contributed by atoms with Gasteiger partial charge in [0.05, 0.1) is 5.92 Å². The van der Waals surface area contributed by atoms with Gasteiger partial charge in [-0.2, -0.15) is 0 Å². The number of anilines is 1. The van der Waals surface area contributed by atoms with Crippen LogP contribution in [0.1, 0.15) is 6.42 Å². The molecule has 1 amide bonds. The lowest BCUT2D eigenvalue weighted by Gasteiger charge is -2.16. The van der Waals surface area contributed by atoms with Gasteiger partial charge in [0.1, 0.15) is 0 Å². The van der Waals surface area contributed by atoms with Crippen molar-refractivity contribution in [2.45, 2.75) is 6.42 Å². The fourth-order valence-electron chi connectivity index (χ4n) is 1.82. The normalized spacial score (nSPS) is 19.8. The van der Waals surface area contributed by atoms with Crippen molar-refractivity contribution >= 4 is 40.8 Å². The van der Waals surface area contributed by atoms with Gasteiger partial charge < -0.3 is 10.0 Å². The lowest BCUT2D eigenvalue weighted by molar-refractivity contribution is -0.141. The predicted molar refractivity (Wildman–Crippen MR) is 64.6 cm³/mol. The van der Waals surface area contributed by atoms with E-state index in [9.17, 15) is 9.59 Å². The van der Waals surface area contributed by atoms with Gasteiger partial charge in [-0.05, 0) is 18.2 Å². The number of hydrogen-bond acceptors (Lipinski definition) is 2. The number of nitrogens with zero attached hydrogens (tertiary/aromatic N) is 1. The molecule has 1 aromatic rings. The van der Waals surface area contributed by atoms with E-state index in [4.69, 9.17) is 28.3 Å². The predicted octanol–water partition coefficient (Wildman–Crippen LogP) is 2.43. The molecule has 1 N–H and O–H groups in total. The van der Waals surface area contributed by atoms with Crippen LogP contribution < -0.4 is 4.90 Å². The second-order valence-corrected chi connectivity index (χ2v) is 4.74. The maximum Gasteiger partial charge on any atom is 0.308 e. The van der Waals surface area contributed by atoms with Crippen LogP contribution in [0.5, 0.6) is 0 Å². The highest BCUT2D eigenvalue weighted by Gasteiger charge is 2.35. The van der Waals surface area contributed by atoms with Crippen LogP contribution in [-0.2, 0) is 9.59 Å². The van der Waals surface area contributed by atoms with Crippen molar-refractivity contribution < 1.29 is 14.7 Å². The maximum atomic E-state index is 11.7. The zero-order valence-corrected chi connectivity index (χ0v) is 10.2. The maximum absolute atomic E-state index is 11.7. The summed E-state index contributed by atoms with van der Waals surface area (Å²) in [6.45, 7) is 0.158. The fourth-order valence-corrected chi connectivity index (χ4v) is 2.33. The number of carboxylic acid groups (broad SMARTS) is 1. The van der Waals surface area contributed by atoms with Crippen molar-refractivity contribution in [2.24, 2.45) is 5.92 Å². The Morgan fingerprint density at radius 3 is 2.35 bits per heavy atom. The van der Waals surface area contributed by atoms with Gasteiger partial charge in [0.15, 0.2) is 0 Å². The molecule has 90 valence electrons. The molecule has 0 spiro atoms. The van der Waals surface area contributed by atoms with E-state index in [1.165, 1.54) is 4.90 Å². The lowest BCUT2D eigenvalue weighted by Crippen LogP contribution is -2.25.